The number of hydrogen-bond acceptors (Lipinski definition) is 3. The van der Waals surface area contributed by atoms with Crippen LogP contribution in [0.2, 0.25) is 0 Å². The van der Waals surface area contributed by atoms with E-state index in [9.17, 15) is 9.18 Å². The number of amides is 1. The number of carbonyl (C=O) groups excluding carboxylic acids is 1. The van der Waals surface area contributed by atoms with E-state index in [-0.39, 0.29) is 17.5 Å². The molecule has 0 saturated carbocycles. The smallest absolute Gasteiger partial charge is 0.234 e. The molecule has 0 atom stereocenters. The first kappa shape index (κ1) is 15.1. The van der Waals surface area contributed by atoms with E-state index in [1.54, 1.807) is 36.4 Å². The number of para-hydroxylation sites is 1. The van der Waals surface area contributed by atoms with Gasteiger partial charge >= 0.3 is 0 Å². The molecule has 0 heterocycles. The zero-order valence-corrected chi connectivity index (χ0v) is 12.0. The molecular weight excluding hydrogens is 287 g/mol. The van der Waals surface area contributed by atoms with Crippen LogP contribution in [0.3, 0.4) is 0 Å². The van der Waals surface area contributed by atoms with E-state index in [2.05, 4.69) is 5.32 Å². The third-order valence-electron chi connectivity index (χ3n) is 2.74. The minimum atomic E-state index is -0.269. The number of hydrogen-bond donors (Lipinski definition) is 1. The molecule has 1 amide bonds. The molecule has 106 valence electrons. The maximum absolute atomic E-state index is 12.8. The van der Waals surface area contributed by atoms with E-state index in [1.807, 2.05) is 6.07 Å². The van der Waals surface area contributed by atoms with Crippen LogP contribution in [0.25, 0.3) is 0 Å². The predicted octanol–water partition coefficient (Wildman–Crippen LogP) is 3.57. The van der Waals surface area contributed by atoms with E-state index in [0.717, 1.165) is 5.56 Å². The van der Waals surface area contributed by atoms with Crippen molar-refractivity contribution in [1.29, 1.82) is 5.26 Å². The normalized spacial score (nSPS) is 9.90. The van der Waals surface area contributed by atoms with E-state index >= 15 is 0 Å². The van der Waals surface area contributed by atoms with Crippen molar-refractivity contribution in [3.63, 3.8) is 0 Å². The van der Waals surface area contributed by atoms with Gasteiger partial charge in [-0.2, -0.15) is 5.26 Å². The van der Waals surface area contributed by atoms with Gasteiger partial charge in [-0.25, -0.2) is 4.39 Å². The van der Waals surface area contributed by atoms with Crippen molar-refractivity contribution in [1.82, 2.24) is 0 Å². The molecule has 2 aromatic carbocycles. The first-order valence-corrected chi connectivity index (χ1v) is 7.45. The highest BCUT2D eigenvalue weighted by Gasteiger charge is 2.06. The van der Waals surface area contributed by atoms with Gasteiger partial charge in [0.05, 0.1) is 17.0 Å². The van der Waals surface area contributed by atoms with Crippen molar-refractivity contribution in [2.45, 2.75) is 5.75 Å². The van der Waals surface area contributed by atoms with Gasteiger partial charge in [0.15, 0.2) is 0 Å². The van der Waals surface area contributed by atoms with Crippen LogP contribution in [0.5, 0.6) is 0 Å². The van der Waals surface area contributed by atoms with Gasteiger partial charge in [0.1, 0.15) is 11.9 Å². The highest BCUT2D eigenvalue weighted by atomic mass is 32.2. The lowest BCUT2D eigenvalue weighted by molar-refractivity contribution is -0.113. The molecule has 0 aromatic heterocycles. The van der Waals surface area contributed by atoms with E-state index in [0.29, 0.717) is 17.0 Å². The van der Waals surface area contributed by atoms with Crippen molar-refractivity contribution in [3.8, 4) is 6.07 Å². The van der Waals surface area contributed by atoms with Crippen LogP contribution in [-0.2, 0) is 10.5 Å². The highest BCUT2D eigenvalue weighted by Crippen LogP contribution is 2.16. The summed E-state index contributed by atoms with van der Waals surface area (Å²) < 4.78 is 12.8. The van der Waals surface area contributed by atoms with Crippen molar-refractivity contribution in [2.75, 3.05) is 11.1 Å². The van der Waals surface area contributed by atoms with Gasteiger partial charge in [0.25, 0.3) is 0 Å². The van der Waals surface area contributed by atoms with E-state index in [1.165, 1.54) is 23.9 Å². The molecule has 0 fully saturated rings. The number of nitrogens with one attached hydrogen (secondary N) is 1. The summed E-state index contributed by atoms with van der Waals surface area (Å²) in [7, 11) is 0. The summed E-state index contributed by atoms with van der Waals surface area (Å²) in [6, 6.07) is 15.1. The summed E-state index contributed by atoms with van der Waals surface area (Å²) in [5.41, 5.74) is 1.92. The Balaban J connectivity index is 1.82. The Morgan fingerprint density at radius 3 is 2.62 bits per heavy atom. The number of nitriles is 1. The summed E-state index contributed by atoms with van der Waals surface area (Å²) in [4.78, 5) is 11.8. The lowest BCUT2D eigenvalue weighted by atomic mass is 10.2. The lowest BCUT2D eigenvalue weighted by Gasteiger charge is -2.06. The van der Waals surface area contributed by atoms with Crippen LogP contribution in [0.15, 0.2) is 48.5 Å². The molecule has 3 nitrogen and oxygen atoms in total. The number of nitrogens with zero attached hydrogens (tertiary/aromatic N) is 1. The van der Waals surface area contributed by atoms with Gasteiger partial charge < -0.3 is 5.32 Å². The fourth-order valence-electron chi connectivity index (χ4n) is 1.72. The Bertz CT molecular complexity index is 665. The topological polar surface area (TPSA) is 52.9 Å². The fourth-order valence-corrected chi connectivity index (χ4v) is 2.51. The summed E-state index contributed by atoms with van der Waals surface area (Å²) in [6.45, 7) is 0. The molecule has 0 spiro atoms. The third-order valence-corrected chi connectivity index (χ3v) is 3.74. The summed E-state index contributed by atoms with van der Waals surface area (Å²) in [5.74, 6) is 0.476. The Labute approximate surface area is 126 Å². The molecule has 0 saturated heterocycles. The second-order valence-electron chi connectivity index (χ2n) is 4.32. The third kappa shape index (κ3) is 4.62. The number of thioether (sulfide) groups is 1. The summed E-state index contributed by atoms with van der Waals surface area (Å²) in [6.07, 6.45) is 0. The number of benzene rings is 2. The number of halogens is 1. The minimum absolute atomic E-state index is 0.162. The largest absolute Gasteiger partial charge is 0.324 e. The van der Waals surface area contributed by atoms with E-state index in [4.69, 9.17) is 5.26 Å². The van der Waals surface area contributed by atoms with Crippen molar-refractivity contribution in [3.05, 3.63) is 65.5 Å². The van der Waals surface area contributed by atoms with E-state index < -0.39 is 0 Å². The van der Waals surface area contributed by atoms with Crippen LogP contribution in [0.1, 0.15) is 11.1 Å². The maximum Gasteiger partial charge on any atom is 0.234 e. The molecule has 0 aliphatic heterocycles. The monoisotopic (exact) mass is 300 g/mol. The lowest BCUT2D eigenvalue weighted by Crippen LogP contribution is -2.15. The first-order chi connectivity index (χ1) is 10.2. The van der Waals surface area contributed by atoms with Gasteiger partial charge in [-0.3, -0.25) is 4.79 Å². The Hall–Kier alpha value is -2.32. The van der Waals surface area contributed by atoms with Crippen molar-refractivity contribution in [2.24, 2.45) is 0 Å². The predicted molar refractivity (Wildman–Crippen MR) is 82.3 cm³/mol. The molecular formula is C16H13FN2OS. The van der Waals surface area contributed by atoms with Crippen LogP contribution in [0, 0.1) is 17.1 Å². The van der Waals surface area contributed by atoms with Crippen LogP contribution >= 0.6 is 11.8 Å². The second-order valence-corrected chi connectivity index (χ2v) is 5.31. The summed E-state index contributed by atoms with van der Waals surface area (Å²) >= 11 is 1.44. The quantitative estimate of drug-likeness (QED) is 0.918. The molecule has 0 unspecified atom stereocenters. The average molecular weight is 300 g/mol. The van der Waals surface area contributed by atoms with Gasteiger partial charge in [-0.05, 0) is 29.8 Å². The van der Waals surface area contributed by atoms with Gasteiger partial charge in [-0.15, -0.1) is 11.8 Å². The molecule has 21 heavy (non-hydrogen) atoms. The molecule has 0 aliphatic carbocycles. The molecule has 5 heteroatoms. The Kier molecular flexibility index (Phi) is 5.35. The highest BCUT2D eigenvalue weighted by molar-refractivity contribution is 7.99. The van der Waals surface area contributed by atoms with Crippen molar-refractivity contribution < 1.29 is 9.18 Å². The van der Waals surface area contributed by atoms with Crippen molar-refractivity contribution >= 4 is 23.4 Å². The zero-order valence-electron chi connectivity index (χ0n) is 11.2. The molecule has 2 aromatic rings. The van der Waals surface area contributed by atoms with Gasteiger partial charge in [-0.1, -0.05) is 24.3 Å². The summed E-state index contributed by atoms with van der Waals surface area (Å²) in [5, 5.41) is 11.7. The first-order valence-electron chi connectivity index (χ1n) is 6.30. The molecule has 0 aliphatic rings. The number of rotatable bonds is 5. The maximum atomic E-state index is 12.8. The van der Waals surface area contributed by atoms with Crippen LogP contribution < -0.4 is 5.32 Å². The molecule has 0 radical (unpaired) electrons. The molecule has 0 bridgehead atoms. The SMILES string of the molecule is N#Cc1ccccc1NC(=O)CSCc1ccc(F)cc1. The van der Waals surface area contributed by atoms with Gasteiger partial charge in [0.2, 0.25) is 5.91 Å². The second kappa shape index (κ2) is 7.46. The molecule has 2 rings (SSSR count). The zero-order chi connectivity index (χ0) is 15.1. The van der Waals surface area contributed by atoms with Gasteiger partial charge in [0, 0.05) is 5.75 Å². The number of anilines is 1. The molecule has 1 N–H and O–H groups in total. The Morgan fingerprint density at radius 1 is 1.19 bits per heavy atom. The van der Waals surface area contributed by atoms with Crippen LogP contribution in [0.4, 0.5) is 10.1 Å². The standard InChI is InChI=1S/C16H13FN2OS/c17-14-7-5-12(6-8-14)10-21-11-16(20)19-15-4-2-1-3-13(15)9-18/h1-8H,10-11H2,(H,19,20). The fraction of sp³-hybridized carbons (Fsp3) is 0.125. The van der Waals surface area contributed by atoms with Crippen LogP contribution in [-0.4, -0.2) is 11.7 Å². The Morgan fingerprint density at radius 2 is 1.90 bits per heavy atom. The average Bonchev–Trinajstić information content (AvgIpc) is 2.50. The number of carbonyl (C=O) groups is 1. The minimum Gasteiger partial charge on any atom is -0.324 e.